The van der Waals surface area contributed by atoms with Gasteiger partial charge < -0.3 is 16.4 Å². The smallest absolute Gasteiger partial charge is 0.146 e. The molecule has 0 aliphatic carbocycles. The Morgan fingerprint density at radius 3 is 2.47 bits per heavy atom. The normalized spacial score (nSPS) is 12.6. The third kappa shape index (κ3) is 10.4. The van der Waals surface area contributed by atoms with Crippen LogP contribution in [0, 0.1) is 0 Å². The largest absolute Gasteiger partial charge is 0.330 e. The third-order valence-electron chi connectivity index (χ3n) is 2.82. The van der Waals surface area contributed by atoms with Gasteiger partial charge in [-0.05, 0) is 58.8 Å². The Morgan fingerprint density at radius 2 is 1.88 bits per heavy atom. The summed E-state index contributed by atoms with van der Waals surface area (Å²) < 4.78 is 0. The van der Waals surface area contributed by atoms with Gasteiger partial charge in [-0.15, -0.1) is 0 Å². The fourth-order valence-corrected chi connectivity index (χ4v) is 1.69. The number of rotatable bonds is 12. The fourth-order valence-electron chi connectivity index (χ4n) is 1.69. The van der Waals surface area contributed by atoms with E-state index in [9.17, 15) is 4.79 Å². The van der Waals surface area contributed by atoms with Gasteiger partial charge in [-0.1, -0.05) is 13.3 Å². The van der Waals surface area contributed by atoms with Crippen LogP contribution in [-0.4, -0.2) is 38.0 Å². The zero-order valence-corrected chi connectivity index (χ0v) is 11.4. The van der Waals surface area contributed by atoms with Crippen LogP contribution < -0.4 is 16.4 Å². The lowest BCUT2D eigenvalue weighted by Crippen LogP contribution is -2.37. The molecule has 1 unspecified atom stereocenters. The molecule has 1 atom stereocenters. The average Bonchev–Trinajstić information content (AvgIpc) is 2.31. The van der Waals surface area contributed by atoms with Gasteiger partial charge in [0.05, 0.1) is 6.04 Å². The molecule has 4 N–H and O–H groups in total. The second-order valence-corrected chi connectivity index (χ2v) is 4.51. The molecule has 0 aromatic rings. The maximum atomic E-state index is 11.4. The zero-order chi connectivity index (χ0) is 12.9. The van der Waals surface area contributed by atoms with Crippen molar-refractivity contribution in [1.29, 1.82) is 0 Å². The lowest BCUT2D eigenvalue weighted by molar-refractivity contribution is -0.119. The number of carbonyl (C=O) groups is 1. The summed E-state index contributed by atoms with van der Waals surface area (Å²) in [7, 11) is 0. The van der Waals surface area contributed by atoms with Crippen LogP contribution in [0.2, 0.25) is 0 Å². The van der Waals surface area contributed by atoms with Crippen LogP contribution in [0.15, 0.2) is 0 Å². The van der Waals surface area contributed by atoms with Crippen molar-refractivity contribution < 1.29 is 4.79 Å². The maximum Gasteiger partial charge on any atom is 0.146 e. The molecule has 0 aromatic heterocycles. The van der Waals surface area contributed by atoms with E-state index < -0.39 is 0 Å². The molecule has 4 heteroatoms. The summed E-state index contributed by atoms with van der Waals surface area (Å²) in [5, 5.41) is 6.65. The number of ketones is 1. The second kappa shape index (κ2) is 12.0. The highest BCUT2D eigenvalue weighted by Crippen LogP contribution is 1.98. The Bertz CT molecular complexity index is 186. The summed E-state index contributed by atoms with van der Waals surface area (Å²) in [6, 6.07) is 0.00882. The summed E-state index contributed by atoms with van der Waals surface area (Å²) in [5.74, 6) is 0.232. The molecule has 0 aliphatic heterocycles. The van der Waals surface area contributed by atoms with E-state index in [0.717, 1.165) is 38.9 Å². The molecule has 102 valence electrons. The first kappa shape index (κ1) is 16.6. The molecule has 0 saturated heterocycles. The van der Waals surface area contributed by atoms with Gasteiger partial charge in [0.1, 0.15) is 5.78 Å². The van der Waals surface area contributed by atoms with E-state index in [4.69, 9.17) is 5.73 Å². The van der Waals surface area contributed by atoms with Gasteiger partial charge in [-0.2, -0.15) is 0 Å². The predicted molar refractivity (Wildman–Crippen MR) is 73.2 cm³/mol. The lowest BCUT2D eigenvalue weighted by Gasteiger charge is -2.15. The molecule has 17 heavy (non-hydrogen) atoms. The monoisotopic (exact) mass is 243 g/mol. The molecule has 0 aliphatic rings. The first-order valence-electron chi connectivity index (χ1n) is 6.87. The maximum absolute atomic E-state index is 11.4. The van der Waals surface area contributed by atoms with Crippen LogP contribution in [0.3, 0.4) is 0 Å². The van der Waals surface area contributed by atoms with Crippen LogP contribution in [0.5, 0.6) is 0 Å². The minimum Gasteiger partial charge on any atom is -0.330 e. The SMILES string of the molecule is CCCCNCCCC(NCCCN)C(C)=O. The van der Waals surface area contributed by atoms with Crippen LogP contribution in [0.1, 0.15) is 46.0 Å². The fraction of sp³-hybridized carbons (Fsp3) is 0.923. The van der Waals surface area contributed by atoms with E-state index in [0.29, 0.717) is 6.54 Å². The van der Waals surface area contributed by atoms with Crippen LogP contribution >= 0.6 is 0 Å². The summed E-state index contributed by atoms with van der Waals surface area (Å²) in [6.07, 6.45) is 5.34. The van der Waals surface area contributed by atoms with Crippen LogP contribution in [-0.2, 0) is 4.79 Å². The Balaban J connectivity index is 3.52. The molecular formula is C13H29N3O. The first-order chi connectivity index (χ1) is 8.22. The zero-order valence-electron chi connectivity index (χ0n) is 11.4. The Labute approximate surface area is 106 Å². The van der Waals surface area contributed by atoms with E-state index >= 15 is 0 Å². The number of carbonyl (C=O) groups excluding carboxylic acids is 1. The van der Waals surface area contributed by atoms with E-state index in [2.05, 4.69) is 17.6 Å². The predicted octanol–water partition coefficient (Wildman–Crippen LogP) is 1.05. The quantitative estimate of drug-likeness (QED) is 0.448. The third-order valence-corrected chi connectivity index (χ3v) is 2.82. The summed E-state index contributed by atoms with van der Waals surface area (Å²) in [6.45, 7) is 7.45. The van der Waals surface area contributed by atoms with Crippen molar-refractivity contribution in [2.45, 2.75) is 52.0 Å². The van der Waals surface area contributed by atoms with Gasteiger partial charge in [0.2, 0.25) is 0 Å². The molecule has 0 amide bonds. The molecule has 0 fully saturated rings. The summed E-state index contributed by atoms with van der Waals surface area (Å²) >= 11 is 0. The molecule has 0 rings (SSSR count). The van der Waals surface area contributed by atoms with Gasteiger partial charge in [-0.3, -0.25) is 4.79 Å². The van der Waals surface area contributed by atoms with Gasteiger partial charge in [0.15, 0.2) is 0 Å². The van der Waals surface area contributed by atoms with Gasteiger partial charge in [0, 0.05) is 0 Å². The Kier molecular flexibility index (Phi) is 11.7. The summed E-state index contributed by atoms with van der Waals surface area (Å²) in [5.41, 5.74) is 5.42. The molecule has 0 aromatic carbocycles. The number of nitrogens with two attached hydrogens (primary N) is 1. The topological polar surface area (TPSA) is 67.2 Å². The molecule has 4 nitrogen and oxygen atoms in total. The van der Waals surface area contributed by atoms with Crippen LogP contribution in [0.25, 0.3) is 0 Å². The highest BCUT2D eigenvalue weighted by molar-refractivity contribution is 5.81. The highest BCUT2D eigenvalue weighted by atomic mass is 16.1. The number of unbranched alkanes of at least 4 members (excludes halogenated alkanes) is 1. The van der Waals surface area contributed by atoms with E-state index in [1.165, 1.54) is 12.8 Å². The minimum absolute atomic E-state index is 0.00882. The molecule has 0 bridgehead atoms. The average molecular weight is 243 g/mol. The van der Waals surface area contributed by atoms with E-state index in [1.54, 1.807) is 6.92 Å². The first-order valence-corrected chi connectivity index (χ1v) is 6.87. The van der Waals surface area contributed by atoms with Crippen LogP contribution in [0.4, 0.5) is 0 Å². The molecule has 0 heterocycles. The standard InChI is InChI=1S/C13H29N3O/c1-3-4-9-15-10-5-7-13(12(2)17)16-11-6-8-14/h13,15-16H,3-11,14H2,1-2H3. The second-order valence-electron chi connectivity index (χ2n) is 4.51. The van der Waals surface area contributed by atoms with Gasteiger partial charge in [-0.25, -0.2) is 0 Å². The van der Waals surface area contributed by atoms with Crippen molar-refractivity contribution in [2.75, 3.05) is 26.2 Å². The van der Waals surface area contributed by atoms with E-state index in [-0.39, 0.29) is 11.8 Å². The number of hydrogen-bond acceptors (Lipinski definition) is 4. The Morgan fingerprint density at radius 1 is 1.18 bits per heavy atom. The van der Waals surface area contributed by atoms with Crippen molar-refractivity contribution in [3.63, 3.8) is 0 Å². The lowest BCUT2D eigenvalue weighted by atomic mass is 10.1. The highest BCUT2D eigenvalue weighted by Gasteiger charge is 2.11. The molecular weight excluding hydrogens is 214 g/mol. The molecule has 0 saturated carbocycles. The van der Waals surface area contributed by atoms with Gasteiger partial charge in [0.25, 0.3) is 0 Å². The van der Waals surface area contributed by atoms with Crippen molar-refractivity contribution in [3.8, 4) is 0 Å². The molecule has 0 radical (unpaired) electrons. The Hall–Kier alpha value is -0.450. The van der Waals surface area contributed by atoms with Crippen molar-refractivity contribution in [3.05, 3.63) is 0 Å². The minimum atomic E-state index is 0.00882. The van der Waals surface area contributed by atoms with Crippen molar-refractivity contribution in [2.24, 2.45) is 5.73 Å². The van der Waals surface area contributed by atoms with Crippen molar-refractivity contribution in [1.82, 2.24) is 10.6 Å². The number of hydrogen-bond donors (Lipinski definition) is 3. The van der Waals surface area contributed by atoms with Crippen molar-refractivity contribution >= 4 is 5.78 Å². The number of Topliss-reactive ketones (excluding diaryl/α,β-unsaturated/α-hetero) is 1. The molecule has 0 spiro atoms. The number of nitrogens with one attached hydrogen (secondary N) is 2. The van der Waals surface area contributed by atoms with E-state index in [1.807, 2.05) is 0 Å². The van der Waals surface area contributed by atoms with Gasteiger partial charge >= 0.3 is 0 Å². The summed E-state index contributed by atoms with van der Waals surface area (Å²) in [4.78, 5) is 11.4.